The van der Waals surface area contributed by atoms with Crippen molar-refractivity contribution in [1.82, 2.24) is 4.98 Å². The second kappa shape index (κ2) is 4.97. The molecular weight excluding hydrogens is 279 g/mol. The van der Waals surface area contributed by atoms with Crippen LogP contribution >= 0.6 is 0 Å². The first-order chi connectivity index (χ1) is 10.1. The van der Waals surface area contributed by atoms with Gasteiger partial charge in [-0.05, 0) is 18.2 Å². The standard InChI is InChI=1S/C15H10F3N3/c16-8-5-11(17)15(12(18)6-8)21-14-2-1-13(19)10-7-20-4-3-9(10)14/h1-7,21H,19H2. The summed E-state index contributed by atoms with van der Waals surface area (Å²) in [6.07, 6.45) is 3.11. The molecule has 3 aromatic rings. The van der Waals surface area contributed by atoms with Crippen LogP contribution in [-0.4, -0.2) is 4.98 Å². The lowest BCUT2D eigenvalue weighted by atomic mass is 10.1. The van der Waals surface area contributed by atoms with Gasteiger partial charge < -0.3 is 11.1 Å². The van der Waals surface area contributed by atoms with Crippen LogP contribution in [0.25, 0.3) is 10.8 Å². The molecule has 0 atom stereocenters. The van der Waals surface area contributed by atoms with E-state index in [2.05, 4.69) is 10.3 Å². The number of rotatable bonds is 2. The summed E-state index contributed by atoms with van der Waals surface area (Å²) in [6, 6.07) is 6.11. The van der Waals surface area contributed by atoms with Crippen molar-refractivity contribution < 1.29 is 13.2 Å². The molecule has 106 valence electrons. The quantitative estimate of drug-likeness (QED) is 0.702. The molecule has 0 aliphatic rings. The van der Waals surface area contributed by atoms with Crippen LogP contribution in [0.15, 0.2) is 42.7 Å². The summed E-state index contributed by atoms with van der Waals surface area (Å²) in [6.45, 7) is 0. The minimum absolute atomic E-state index is 0.417. The molecule has 3 nitrogen and oxygen atoms in total. The average Bonchev–Trinajstić information content (AvgIpc) is 2.45. The Morgan fingerprint density at radius 1 is 0.952 bits per heavy atom. The van der Waals surface area contributed by atoms with Crippen LogP contribution in [0.3, 0.4) is 0 Å². The Morgan fingerprint density at radius 2 is 1.67 bits per heavy atom. The van der Waals surface area contributed by atoms with Crippen molar-refractivity contribution >= 4 is 27.8 Å². The van der Waals surface area contributed by atoms with Crippen LogP contribution in [0.2, 0.25) is 0 Å². The van der Waals surface area contributed by atoms with Gasteiger partial charge in [0.25, 0.3) is 0 Å². The summed E-state index contributed by atoms with van der Waals surface area (Å²) in [7, 11) is 0. The molecule has 0 aliphatic heterocycles. The van der Waals surface area contributed by atoms with Gasteiger partial charge in [-0.2, -0.15) is 0 Å². The van der Waals surface area contributed by atoms with E-state index in [4.69, 9.17) is 5.73 Å². The van der Waals surface area contributed by atoms with E-state index < -0.39 is 23.1 Å². The first-order valence-corrected chi connectivity index (χ1v) is 6.10. The molecule has 3 rings (SSSR count). The summed E-state index contributed by atoms with van der Waals surface area (Å²) in [5.41, 5.74) is 6.37. The number of nitrogens with two attached hydrogens (primary N) is 1. The second-order valence-electron chi connectivity index (χ2n) is 4.49. The summed E-state index contributed by atoms with van der Waals surface area (Å²) in [5, 5.41) is 3.96. The number of nitrogens with zero attached hydrogens (tertiary/aromatic N) is 1. The zero-order chi connectivity index (χ0) is 15.0. The summed E-state index contributed by atoms with van der Waals surface area (Å²) in [4.78, 5) is 3.96. The number of halogens is 3. The van der Waals surface area contributed by atoms with Crippen molar-refractivity contribution in [2.75, 3.05) is 11.1 Å². The number of fused-ring (bicyclic) bond motifs is 1. The van der Waals surface area contributed by atoms with E-state index in [1.54, 1.807) is 30.6 Å². The molecule has 0 saturated carbocycles. The number of nitrogens with one attached hydrogen (secondary N) is 1. The predicted octanol–water partition coefficient (Wildman–Crippen LogP) is 3.98. The lowest BCUT2D eigenvalue weighted by molar-refractivity contribution is 0.549. The van der Waals surface area contributed by atoms with Crippen molar-refractivity contribution in [2.24, 2.45) is 0 Å². The topological polar surface area (TPSA) is 50.9 Å². The molecule has 6 heteroatoms. The maximum absolute atomic E-state index is 13.7. The first kappa shape index (κ1) is 13.2. The Hall–Kier alpha value is -2.76. The molecule has 0 unspecified atom stereocenters. The second-order valence-corrected chi connectivity index (χ2v) is 4.49. The number of aromatic nitrogens is 1. The van der Waals surface area contributed by atoms with Crippen LogP contribution in [0.5, 0.6) is 0 Å². The maximum atomic E-state index is 13.7. The fraction of sp³-hybridized carbons (Fsp3) is 0. The summed E-state index contributed by atoms with van der Waals surface area (Å²) < 4.78 is 40.3. The van der Waals surface area contributed by atoms with Crippen LogP contribution in [0.1, 0.15) is 0 Å². The number of benzene rings is 2. The number of hydrogen-bond donors (Lipinski definition) is 2. The molecule has 1 heterocycles. The third kappa shape index (κ3) is 2.35. The zero-order valence-corrected chi connectivity index (χ0v) is 10.7. The van der Waals surface area contributed by atoms with Crippen molar-refractivity contribution in [3.8, 4) is 0 Å². The van der Waals surface area contributed by atoms with Crippen molar-refractivity contribution in [2.45, 2.75) is 0 Å². The largest absolute Gasteiger partial charge is 0.398 e. The minimum atomic E-state index is -1.01. The fourth-order valence-electron chi connectivity index (χ4n) is 2.12. The van der Waals surface area contributed by atoms with E-state index in [0.29, 0.717) is 34.3 Å². The SMILES string of the molecule is Nc1ccc(Nc2c(F)cc(F)cc2F)c2ccncc12. The maximum Gasteiger partial charge on any atom is 0.152 e. The Kier molecular flexibility index (Phi) is 3.13. The number of nitrogen functional groups attached to an aromatic ring is 1. The van der Waals surface area contributed by atoms with Crippen LogP contribution in [-0.2, 0) is 0 Å². The highest BCUT2D eigenvalue weighted by Crippen LogP contribution is 2.31. The highest BCUT2D eigenvalue weighted by atomic mass is 19.1. The highest BCUT2D eigenvalue weighted by molar-refractivity contribution is 6.01. The minimum Gasteiger partial charge on any atom is -0.398 e. The monoisotopic (exact) mass is 289 g/mol. The molecule has 2 aromatic carbocycles. The molecule has 0 aliphatic carbocycles. The molecule has 0 fully saturated rings. The van der Waals surface area contributed by atoms with Gasteiger partial charge in [0.1, 0.15) is 11.5 Å². The van der Waals surface area contributed by atoms with Gasteiger partial charge in [0, 0.05) is 46.7 Å². The third-order valence-corrected chi connectivity index (χ3v) is 3.12. The van der Waals surface area contributed by atoms with Crippen LogP contribution < -0.4 is 11.1 Å². The van der Waals surface area contributed by atoms with Gasteiger partial charge in [-0.25, -0.2) is 13.2 Å². The third-order valence-electron chi connectivity index (χ3n) is 3.12. The summed E-state index contributed by atoms with van der Waals surface area (Å²) >= 11 is 0. The number of anilines is 3. The van der Waals surface area contributed by atoms with Crippen LogP contribution in [0, 0.1) is 17.5 Å². The number of pyridine rings is 1. The van der Waals surface area contributed by atoms with E-state index in [0.717, 1.165) is 0 Å². The van der Waals surface area contributed by atoms with E-state index >= 15 is 0 Å². The van der Waals surface area contributed by atoms with E-state index in [1.807, 2.05) is 0 Å². The smallest absolute Gasteiger partial charge is 0.152 e. The molecule has 0 bridgehead atoms. The Balaban J connectivity index is 2.13. The highest BCUT2D eigenvalue weighted by Gasteiger charge is 2.13. The van der Waals surface area contributed by atoms with E-state index in [-0.39, 0.29) is 0 Å². The molecule has 1 aromatic heterocycles. The van der Waals surface area contributed by atoms with E-state index in [9.17, 15) is 13.2 Å². The van der Waals surface area contributed by atoms with Gasteiger partial charge in [0.15, 0.2) is 11.6 Å². The molecule has 3 N–H and O–H groups in total. The fourth-order valence-corrected chi connectivity index (χ4v) is 2.12. The number of hydrogen-bond acceptors (Lipinski definition) is 3. The molecule has 21 heavy (non-hydrogen) atoms. The Morgan fingerprint density at radius 3 is 2.38 bits per heavy atom. The van der Waals surface area contributed by atoms with Gasteiger partial charge >= 0.3 is 0 Å². The molecular formula is C15H10F3N3. The van der Waals surface area contributed by atoms with Crippen molar-refractivity contribution in [3.05, 3.63) is 60.2 Å². The van der Waals surface area contributed by atoms with Gasteiger partial charge in [0.2, 0.25) is 0 Å². The normalized spacial score (nSPS) is 10.8. The first-order valence-electron chi connectivity index (χ1n) is 6.10. The molecule has 0 amide bonds. The lowest BCUT2D eigenvalue weighted by Crippen LogP contribution is -2.00. The average molecular weight is 289 g/mol. The Labute approximate surface area is 118 Å². The molecule has 0 radical (unpaired) electrons. The zero-order valence-electron chi connectivity index (χ0n) is 10.7. The Bertz CT molecular complexity index is 811. The van der Waals surface area contributed by atoms with Gasteiger partial charge in [-0.3, -0.25) is 4.98 Å². The molecule has 0 spiro atoms. The molecule has 0 saturated heterocycles. The predicted molar refractivity (Wildman–Crippen MR) is 75.8 cm³/mol. The van der Waals surface area contributed by atoms with E-state index in [1.165, 1.54) is 0 Å². The van der Waals surface area contributed by atoms with Crippen molar-refractivity contribution in [3.63, 3.8) is 0 Å². The van der Waals surface area contributed by atoms with Crippen LogP contribution in [0.4, 0.5) is 30.2 Å². The van der Waals surface area contributed by atoms with Gasteiger partial charge in [-0.15, -0.1) is 0 Å². The summed E-state index contributed by atoms with van der Waals surface area (Å²) in [5.74, 6) is -2.99. The van der Waals surface area contributed by atoms with Gasteiger partial charge in [-0.1, -0.05) is 0 Å². The van der Waals surface area contributed by atoms with Gasteiger partial charge in [0.05, 0.1) is 0 Å². The van der Waals surface area contributed by atoms with Crippen molar-refractivity contribution in [1.29, 1.82) is 0 Å². The lowest BCUT2D eigenvalue weighted by Gasteiger charge is -2.12.